The first-order chi connectivity index (χ1) is 9.85. The molecule has 0 aliphatic rings. The van der Waals surface area contributed by atoms with Crippen LogP contribution in [0.5, 0.6) is 0 Å². The van der Waals surface area contributed by atoms with Crippen molar-refractivity contribution in [1.29, 1.82) is 0 Å². The molecule has 5 nitrogen and oxygen atoms in total. The number of rotatable bonds is 7. The van der Waals surface area contributed by atoms with Crippen molar-refractivity contribution in [2.45, 2.75) is 26.8 Å². The van der Waals surface area contributed by atoms with Gasteiger partial charge in [0.05, 0.1) is 12.2 Å². The lowest BCUT2D eigenvalue weighted by Crippen LogP contribution is -2.36. The average Bonchev–Trinajstić information content (AvgIpc) is 2.39. The highest BCUT2D eigenvalue weighted by Crippen LogP contribution is 2.22. The second-order valence-electron chi connectivity index (χ2n) is 5.78. The van der Waals surface area contributed by atoms with Gasteiger partial charge in [0.15, 0.2) is 0 Å². The molecule has 21 heavy (non-hydrogen) atoms. The zero-order valence-electron chi connectivity index (χ0n) is 13.6. The number of benzene rings is 1. The quantitative estimate of drug-likeness (QED) is 0.597. The van der Waals surface area contributed by atoms with Crippen LogP contribution < -0.4 is 11.1 Å². The van der Waals surface area contributed by atoms with Gasteiger partial charge in [0, 0.05) is 24.0 Å². The first kappa shape index (κ1) is 17.3. The van der Waals surface area contributed by atoms with Crippen LogP contribution in [0.2, 0.25) is 0 Å². The number of nitrogen functional groups attached to an aromatic ring is 1. The summed E-state index contributed by atoms with van der Waals surface area (Å²) in [7, 11) is 4.07. The second-order valence-corrected chi connectivity index (χ2v) is 5.78. The van der Waals surface area contributed by atoms with E-state index in [0.717, 1.165) is 12.2 Å². The van der Waals surface area contributed by atoms with Crippen molar-refractivity contribution in [2.75, 3.05) is 38.3 Å². The largest absolute Gasteiger partial charge is 0.462 e. The maximum Gasteiger partial charge on any atom is 0.340 e. The molecule has 1 unspecified atom stereocenters. The lowest BCUT2D eigenvalue weighted by atomic mass is 10.0. The molecule has 0 aromatic heterocycles. The van der Waals surface area contributed by atoms with E-state index in [1.165, 1.54) is 0 Å². The van der Waals surface area contributed by atoms with Crippen LogP contribution in [0.15, 0.2) is 18.2 Å². The van der Waals surface area contributed by atoms with E-state index in [1.807, 2.05) is 20.2 Å². The number of esters is 1. The molecule has 0 radical (unpaired) electrons. The van der Waals surface area contributed by atoms with Gasteiger partial charge in [0.1, 0.15) is 0 Å². The number of likely N-dealkylation sites (N-methyl/N-ethyl adjacent to an activating group) is 1. The Hall–Kier alpha value is -1.75. The number of nitrogens with one attached hydrogen (secondary N) is 1. The number of ether oxygens (including phenoxy) is 1. The Balaban J connectivity index is 3.02. The number of nitrogens with zero attached hydrogens (tertiary/aromatic N) is 1. The van der Waals surface area contributed by atoms with Crippen LogP contribution in [0.4, 0.5) is 11.4 Å². The van der Waals surface area contributed by atoms with E-state index in [-0.39, 0.29) is 12.0 Å². The number of carbonyl (C=O) groups excluding carboxylic acids is 1. The predicted octanol–water partition coefficient (Wildman–Crippen LogP) is 2.44. The Labute approximate surface area is 127 Å². The minimum Gasteiger partial charge on any atom is -0.462 e. The van der Waals surface area contributed by atoms with Crippen molar-refractivity contribution in [3.05, 3.63) is 23.8 Å². The van der Waals surface area contributed by atoms with Crippen LogP contribution in [-0.2, 0) is 4.74 Å². The van der Waals surface area contributed by atoms with Crippen LogP contribution >= 0.6 is 0 Å². The Morgan fingerprint density at radius 1 is 1.38 bits per heavy atom. The van der Waals surface area contributed by atoms with Gasteiger partial charge in [0.25, 0.3) is 0 Å². The minimum absolute atomic E-state index is 0.233. The van der Waals surface area contributed by atoms with Crippen molar-refractivity contribution in [3.8, 4) is 0 Å². The van der Waals surface area contributed by atoms with E-state index in [0.29, 0.717) is 23.8 Å². The highest BCUT2D eigenvalue weighted by atomic mass is 16.5. The molecule has 0 amide bonds. The van der Waals surface area contributed by atoms with Gasteiger partial charge in [-0.15, -0.1) is 0 Å². The van der Waals surface area contributed by atoms with Crippen LogP contribution in [0.1, 0.15) is 31.1 Å². The van der Waals surface area contributed by atoms with Gasteiger partial charge in [-0.1, -0.05) is 13.8 Å². The summed E-state index contributed by atoms with van der Waals surface area (Å²) in [6.07, 6.45) is 0. The van der Waals surface area contributed by atoms with Gasteiger partial charge in [0.2, 0.25) is 0 Å². The van der Waals surface area contributed by atoms with E-state index < -0.39 is 0 Å². The van der Waals surface area contributed by atoms with E-state index in [4.69, 9.17) is 10.5 Å². The molecule has 5 heteroatoms. The second kappa shape index (κ2) is 7.88. The third kappa shape index (κ3) is 5.27. The lowest BCUT2D eigenvalue weighted by Gasteiger charge is -2.27. The molecule has 0 saturated heterocycles. The van der Waals surface area contributed by atoms with Crippen LogP contribution in [0, 0.1) is 5.92 Å². The van der Waals surface area contributed by atoms with Gasteiger partial charge >= 0.3 is 5.97 Å². The summed E-state index contributed by atoms with van der Waals surface area (Å²) in [5.74, 6) is 0.0830. The maximum absolute atomic E-state index is 12.1. The van der Waals surface area contributed by atoms with E-state index in [2.05, 4.69) is 24.1 Å². The predicted molar refractivity (Wildman–Crippen MR) is 87.6 cm³/mol. The first-order valence-corrected chi connectivity index (χ1v) is 7.33. The minimum atomic E-state index is -0.348. The summed E-state index contributed by atoms with van der Waals surface area (Å²) < 4.78 is 5.10. The monoisotopic (exact) mass is 293 g/mol. The van der Waals surface area contributed by atoms with Gasteiger partial charge in [-0.05, 0) is 45.1 Å². The molecule has 0 aliphatic carbocycles. The SMILES string of the molecule is CCOC(=O)c1cc(N)ccc1NC(CN(C)C)C(C)C. The fourth-order valence-corrected chi connectivity index (χ4v) is 2.08. The zero-order valence-corrected chi connectivity index (χ0v) is 13.6. The normalized spacial score (nSPS) is 12.5. The summed E-state index contributed by atoms with van der Waals surface area (Å²) in [4.78, 5) is 14.2. The summed E-state index contributed by atoms with van der Waals surface area (Å²) in [5, 5.41) is 3.45. The highest BCUT2D eigenvalue weighted by Gasteiger charge is 2.19. The third-order valence-corrected chi connectivity index (χ3v) is 3.25. The standard InChI is InChI=1S/C16H27N3O2/c1-6-21-16(20)13-9-12(17)7-8-14(13)18-15(11(2)3)10-19(4)5/h7-9,11,15,18H,6,10,17H2,1-5H3. The summed E-state index contributed by atoms with van der Waals surface area (Å²) >= 11 is 0. The first-order valence-electron chi connectivity index (χ1n) is 7.33. The third-order valence-electron chi connectivity index (χ3n) is 3.25. The van der Waals surface area contributed by atoms with Crippen molar-refractivity contribution in [1.82, 2.24) is 4.90 Å². The molecule has 1 rings (SSSR count). The number of hydrogen-bond donors (Lipinski definition) is 2. The summed E-state index contributed by atoms with van der Waals surface area (Å²) in [5.41, 5.74) is 7.60. The Morgan fingerprint density at radius 3 is 2.57 bits per heavy atom. The van der Waals surface area contributed by atoms with Gasteiger partial charge in [-0.3, -0.25) is 0 Å². The highest BCUT2D eigenvalue weighted by molar-refractivity contribution is 5.96. The van der Waals surface area contributed by atoms with E-state index >= 15 is 0 Å². The van der Waals surface area contributed by atoms with E-state index in [1.54, 1.807) is 19.1 Å². The lowest BCUT2D eigenvalue weighted by molar-refractivity contribution is 0.0527. The van der Waals surface area contributed by atoms with Gasteiger partial charge in [-0.25, -0.2) is 4.79 Å². The van der Waals surface area contributed by atoms with Gasteiger partial charge in [-0.2, -0.15) is 0 Å². The zero-order chi connectivity index (χ0) is 16.0. The van der Waals surface area contributed by atoms with Crippen molar-refractivity contribution in [2.24, 2.45) is 5.92 Å². The molecule has 0 aliphatic heterocycles. The number of hydrogen-bond acceptors (Lipinski definition) is 5. The summed E-state index contributed by atoms with van der Waals surface area (Å²) in [6.45, 7) is 7.33. The van der Waals surface area contributed by atoms with Crippen LogP contribution in [0.3, 0.4) is 0 Å². The topological polar surface area (TPSA) is 67.6 Å². The average molecular weight is 293 g/mol. The van der Waals surface area contributed by atoms with Crippen LogP contribution in [0.25, 0.3) is 0 Å². The number of anilines is 2. The van der Waals surface area contributed by atoms with Crippen LogP contribution in [-0.4, -0.2) is 44.2 Å². The Morgan fingerprint density at radius 2 is 2.05 bits per heavy atom. The molecule has 118 valence electrons. The molecule has 0 fully saturated rings. The molecule has 1 aromatic carbocycles. The molecular formula is C16H27N3O2. The van der Waals surface area contributed by atoms with Crippen molar-refractivity contribution in [3.63, 3.8) is 0 Å². The smallest absolute Gasteiger partial charge is 0.340 e. The fraction of sp³-hybridized carbons (Fsp3) is 0.562. The number of nitrogens with two attached hydrogens (primary N) is 1. The van der Waals surface area contributed by atoms with Gasteiger partial charge < -0.3 is 20.7 Å². The molecule has 0 spiro atoms. The Kier molecular flexibility index (Phi) is 6.49. The van der Waals surface area contributed by atoms with Crippen molar-refractivity contribution >= 4 is 17.3 Å². The maximum atomic E-state index is 12.1. The number of carbonyl (C=O) groups is 1. The molecule has 0 saturated carbocycles. The summed E-state index contributed by atoms with van der Waals surface area (Å²) in [6, 6.07) is 5.52. The molecule has 1 atom stereocenters. The molecule has 0 bridgehead atoms. The van der Waals surface area contributed by atoms with Crippen molar-refractivity contribution < 1.29 is 9.53 Å². The Bertz CT molecular complexity index is 473. The molecule has 1 aromatic rings. The molecular weight excluding hydrogens is 266 g/mol. The molecule has 3 N–H and O–H groups in total. The fourth-order valence-electron chi connectivity index (χ4n) is 2.08. The molecule has 0 heterocycles. The van der Waals surface area contributed by atoms with E-state index in [9.17, 15) is 4.79 Å².